The second-order valence-electron chi connectivity index (χ2n) is 7.67. The Morgan fingerprint density at radius 3 is 2.36 bits per heavy atom. The van der Waals surface area contributed by atoms with E-state index in [4.69, 9.17) is 37.4 Å². The van der Waals surface area contributed by atoms with Crippen molar-refractivity contribution in [3.05, 3.63) is 97.0 Å². The van der Waals surface area contributed by atoms with Crippen molar-refractivity contribution in [2.24, 2.45) is 5.10 Å². The average molecular weight is 635 g/mol. The van der Waals surface area contributed by atoms with Crippen LogP contribution in [0.25, 0.3) is 10.8 Å². The highest BCUT2D eigenvalue weighted by Crippen LogP contribution is 2.34. The van der Waals surface area contributed by atoms with Crippen molar-refractivity contribution in [3.8, 4) is 17.2 Å². The molecule has 0 aliphatic rings. The van der Waals surface area contributed by atoms with Gasteiger partial charge in [-0.1, -0.05) is 53.5 Å². The minimum atomic E-state index is -0.378. The molecule has 0 spiro atoms. The third kappa shape index (κ3) is 6.03. The monoisotopic (exact) mass is 634 g/mol. The van der Waals surface area contributed by atoms with Gasteiger partial charge in [0.1, 0.15) is 12.4 Å². The normalized spacial score (nSPS) is 11.0. The second-order valence-corrected chi connectivity index (χ2v) is 9.65. The third-order valence-electron chi connectivity index (χ3n) is 5.31. The van der Waals surface area contributed by atoms with Crippen LogP contribution in [0.2, 0.25) is 10.0 Å². The zero-order chi connectivity index (χ0) is 25.7. The van der Waals surface area contributed by atoms with Gasteiger partial charge in [-0.2, -0.15) is 5.10 Å². The van der Waals surface area contributed by atoms with Crippen LogP contribution in [0.1, 0.15) is 21.5 Å². The number of hydrogen-bond donors (Lipinski definition) is 1. The molecule has 4 rings (SSSR count). The number of halogens is 3. The molecule has 0 atom stereocenters. The Kier molecular flexibility index (Phi) is 8.56. The lowest BCUT2D eigenvalue weighted by molar-refractivity contribution is 0.0952. The van der Waals surface area contributed by atoms with Gasteiger partial charge >= 0.3 is 0 Å². The number of nitrogens with zero attached hydrogens (tertiary/aromatic N) is 1. The molecule has 9 heteroatoms. The predicted molar refractivity (Wildman–Crippen MR) is 152 cm³/mol. The summed E-state index contributed by atoms with van der Waals surface area (Å²) in [5.74, 6) is 1.22. The smallest absolute Gasteiger partial charge is 0.275 e. The zero-order valence-electron chi connectivity index (χ0n) is 19.3. The SMILES string of the molecule is COc1cc2ccccc2cc1C(=O)N/N=C\c1cc(I)c(OCc2ccc(Cl)c(Cl)c2)c(OC)c1. The van der Waals surface area contributed by atoms with E-state index in [1.165, 1.54) is 7.11 Å². The summed E-state index contributed by atoms with van der Waals surface area (Å²) in [4.78, 5) is 12.8. The fourth-order valence-corrected chi connectivity index (χ4v) is 4.63. The van der Waals surface area contributed by atoms with Gasteiger partial charge in [-0.3, -0.25) is 4.79 Å². The Bertz CT molecular complexity index is 1460. The number of ether oxygens (including phenoxy) is 3. The summed E-state index contributed by atoms with van der Waals surface area (Å²) in [7, 11) is 3.09. The van der Waals surface area contributed by atoms with E-state index < -0.39 is 0 Å². The minimum Gasteiger partial charge on any atom is -0.496 e. The van der Waals surface area contributed by atoms with Gasteiger partial charge in [-0.15, -0.1) is 0 Å². The fourth-order valence-electron chi connectivity index (χ4n) is 3.53. The molecule has 0 unspecified atom stereocenters. The lowest BCUT2D eigenvalue weighted by Gasteiger charge is -2.14. The molecule has 0 heterocycles. The van der Waals surface area contributed by atoms with Crippen molar-refractivity contribution in [1.29, 1.82) is 0 Å². The van der Waals surface area contributed by atoms with Crippen molar-refractivity contribution >= 4 is 68.7 Å². The van der Waals surface area contributed by atoms with Crippen LogP contribution in [0, 0.1) is 3.57 Å². The van der Waals surface area contributed by atoms with E-state index in [0.29, 0.717) is 39.5 Å². The minimum absolute atomic E-state index is 0.292. The summed E-state index contributed by atoms with van der Waals surface area (Å²) in [6.45, 7) is 0.292. The first-order valence-electron chi connectivity index (χ1n) is 10.7. The number of carbonyl (C=O) groups is 1. The number of nitrogens with one attached hydrogen (secondary N) is 1. The summed E-state index contributed by atoms with van der Waals surface area (Å²) in [6.07, 6.45) is 1.54. The van der Waals surface area contributed by atoms with Crippen molar-refractivity contribution in [3.63, 3.8) is 0 Å². The lowest BCUT2D eigenvalue weighted by atomic mass is 10.1. The highest BCUT2D eigenvalue weighted by Gasteiger charge is 2.14. The standard InChI is InChI=1S/C27H21Cl2IN2O4/c1-34-24-13-19-6-4-3-5-18(19)12-20(24)27(33)32-31-14-17-10-23(30)26(25(11-17)35-2)36-15-16-7-8-21(28)22(29)9-16/h3-14H,15H2,1-2H3,(H,32,33)/b31-14-. The average Bonchev–Trinajstić information content (AvgIpc) is 2.88. The van der Waals surface area contributed by atoms with Crippen LogP contribution in [0.4, 0.5) is 0 Å². The maximum atomic E-state index is 12.8. The molecule has 1 amide bonds. The van der Waals surface area contributed by atoms with Gasteiger partial charge in [-0.05, 0) is 80.9 Å². The number of amides is 1. The van der Waals surface area contributed by atoms with Gasteiger partial charge in [0, 0.05) is 0 Å². The number of hydrogen-bond acceptors (Lipinski definition) is 5. The van der Waals surface area contributed by atoms with E-state index in [2.05, 4.69) is 33.1 Å². The molecule has 1 N–H and O–H groups in total. The third-order valence-corrected chi connectivity index (χ3v) is 6.85. The van der Waals surface area contributed by atoms with Crippen molar-refractivity contribution in [1.82, 2.24) is 5.43 Å². The first kappa shape index (κ1) is 26.1. The summed E-state index contributed by atoms with van der Waals surface area (Å²) in [5, 5.41) is 7.00. The van der Waals surface area contributed by atoms with Gasteiger partial charge in [-0.25, -0.2) is 5.43 Å². The molecule has 0 radical (unpaired) electrons. The molecule has 0 fully saturated rings. The quantitative estimate of drug-likeness (QED) is 0.127. The van der Waals surface area contributed by atoms with Gasteiger partial charge < -0.3 is 14.2 Å². The highest BCUT2D eigenvalue weighted by atomic mass is 127. The Balaban J connectivity index is 1.48. The Hall–Kier alpha value is -3.01. The number of hydrazone groups is 1. The van der Waals surface area contributed by atoms with Crippen LogP contribution >= 0.6 is 45.8 Å². The molecule has 0 aliphatic heterocycles. The van der Waals surface area contributed by atoms with Gasteiger partial charge in [0.2, 0.25) is 0 Å². The highest BCUT2D eigenvalue weighted by molar-refractivity contribution is 14.1. The van der Waals surface area contributed by atoms with Crippen molar-refractivity contribution in [2.45, 2.75) is 6.61 Å². The van der Waals surface area contributed by atoms with Gasteiger partial charge in [0.05, 0.1) is 39.6 Å². The molecule has 0 aromatic heterocycles. The molecule has 0 aliphatic carbocycles. The molecule has 0 saturated heterocycles. The molecule has 0 saturated carbocycles. The summed E-state index contributed by atoms with van der Waals surface area (Å²) < 4.78 is 17.7. The molecule has 4 aromatic carbocycles. The molecule has 6 nitrogen and oxygen atoms in total. The number of benzene rings is 4. The van der Waals surface area contributed by atoms with Crippen LogP contribution in [0.5, 0.6) is 17.2 Å². The van der Waals surface area contributed by atoms with Gasteiger partial charge in [0.15, 0.2) is 11.5 Å². The van der Waals surface area contributed by atoms with Crippen molar-refractivity contribution < 1.29 is 19.0 Å². The van der Waals surface area contributed by atoms with Crippen LogP contribution in [0.3, 0.4) is 0 Å². The Labute approximate surface area is 232 Å². The maximum absolute atomic E-state index is 12.8. The van der Waals surface area contributed by atoms with Crippen LogP contribution < -0.4 is 19.6 Å². The number of rotatable bonds is 8. The molecule has 0 bridgehead atoms. The first-order chi connectivity index (χ1) is 17.4. The topological polar surface area (TPSA) is 69.2 Å². The predicted octanol–water partition coefficient (Wildman–Crippen LogP) is 7.11. The maximum Gasteiger partial charge on any atom is 0.275 e. The number of methoxy groups -OCH3 is 2. The van der Waals surface area contributed by atoms with Crippen LogP contribution in [-0.2, 0) is 6.61 Å². The summed E-state index contributed by atoms with van der Waals surface area (Å²) in [6, 6.07) is 20.4. The number of carbonyl (C=O) groups excluding carboxylic acids is 1. The zero-order valence-corrected chi connectivity index (χ0v) is 23.0. The van der Waals surface area contributed by atoms with E-state index in [-0.39, 0.29) is 5.91 Å². The first-order valence-corrected chi connectivity index (χ1v) is 12.6. The fraction of sp³-hybridized carbons (Fsp3) is 0.111. The van der Waals surface area contributed by atoms with E-state index in [1.54, 1.807) is 37.6 Å². The second kappa shape index (κ2) is 11.8. The van der Waals surface area contributed by atoms with E-state index in [9.17, 15) is 4.79 Å². The lowest BCUT2D eigenvalue weighted by Crippen LogP contribution is -2.18. The van der Waals surface area contributed by atoms with Gasteiger partial charge in [0.25, 0.3) is 5.91 Å². The van der Waals surface area contributed by atoms with Crippen LogP contribution in [-0.4, -0.2) is 26.3 Å². The number of fused-ring (bicyclic) bond motifs is 1. The largest absolute Gasteiger partial charge is 0.496 e. The van der Waals surface area contributed by atoms with Crippen molar-refractivity contribution in [2.75, 3.05) is 14.2 Å². The molecular formula is C27H21Cl2IN2O4. The van der Waals surface area contributed by atoms with E-state index in [1.807, 2.05) is 42.5 Å². The summed E-state index contributed by atoms with van der Waals surface area (Å²) >= 11 is 14.2. The molecule has 184 valence electrons. The van der Waals surface area contributed by atoms with E-state index in [0.717, 1.165) is 25.5 Å². The molecule has 4 aromatic rings. The van der Waals surface area contributed by atoms with E-state index >= 15 is 0 Å². The molecular weight excluding hydrogens is 614 g/mol. The Morgan fingerprint density at radius 1 is 0.944 bits per heavy atom. The summed E-state index contributed by atoms with van der Waals surface area (Å²) in [5.41, 5.74) is 4.56. The Morgan fingerprint density at radius 2 is 1.67 bits per heavy atom. The molecule has 36 heavy (non-hydrogen) atoms. The van der Waals surface area contributed by atoms with Crippen LogP contribution in [0.15, 0.2) is 71.8 Å².